The van der Waals surface area contributed by atoms with Crippen LogP contribution in [0.4, 0.5) is 13.2 Å². The van der Waals surface area contributed by atoms with E-state index < -0.39 is 23.6 Å². The molecule has 4 nitrogen and oxygen atoms in total. The summed E-state index contributed by atoms with van der Waals surface area (Å²) in [5, 5.41) is 2.31. The van der Waals surface area contributed by atoms with Crippen molar-refractivity contribution in [2.24, 2.45) is 5.73 Å². The van der Waals surface area contributed by atoms with Crippen molar-refractivity contribution in [3.05, 3.63) is 75.4 Å². The van der Waals surface area contributed by atoms with Crippen LogP contribution < -0.4 is 11.1 Å². The summed E-state index contributed by atoms with van der Waals surface area (Å²) in [6.45, 7) is 0. The molecule has 0 aromatic heterocycles. The van der Waals surface area contributed by atoms with E-state index in [0.29, 0.717) is 5.56 Å². The van der Waals surface area contributed by atoms with Crippen LogP contribution in [0.5, 0.6) is 0 Å². The highest BCUT2D eigenvalue weighted by Crippen LogP contribution is 2.29. The molecule has 2 aromatic carbocycles. The van der Waals surface area contributed by atoms with Gasteiger partial charge in [-0.05, 0) is 48.0 Å². The van der Waals surface area contributed by atoms with Gasteiger partial charge in [-0.2, -0.15) is 13.2 Å². The zero-order valence-corrected chi connectivity index (χ0v) is 14.2. The van der Waals surface area contributed by atoms with E-state index in [1.54, 1.807) is 24.3 Å². The molecule has 0 aliphatic rings. The largest absolute Gasteiger partial charge is 0.416 e. The van der Waals surface area contributed by atoms with Gasteiger partial charge in [0.1, 0.15) is 5.70 Å². The average Bonchev–Trinajstić information content (AvgIpc) is 2.55. The standard InChI is InChI=1S/C17H12BrF3N2O2/c18-13-7-1-10(2-8-13)9-14(15(22)24)23-16(25)11-3-5-12(6-4-11)17(19,20)21/h1-9H,(H2,22,24)(H,23,25)/b14-9+. The Bertz CT molecular complexity index is 813. The van der Waals surface area contributed by atoms with Gasteiger partial charge in [0.25, 0.3) is 11.8 Å². The number of benzene rings is 2. The van der Waals surface area contributed by atoms with Gasteiger partial charge >= 0.3 is 6.18 Å². The van der Waals surface area contributed by atoms with Gasteiger partial charge in [-0.3, -0.25) is 9.59 Å². The Labute approximate surface area is 149 Å². The first-order valence-corrected chi connectivity index (χ1v) is 7.72. The highest BCUT2D eigenvalue weighted by atomic mass is 79.9. The van der Waals surface area contributed by atoms with E-state index in [1.165, 1.54) is 6.08 Å². The molecule has 0 aliphatic heterocycles. The van der Waals surface area contributed by atoms with Crippen LogP contribution in [0.25, 0.3) is 6.08 Å². The molecular weight excluding hydrogens is 401 g/mol. The highest BCUT2D eigenvalue weighted by molar-refractivity contribution is 9.10. The van der Waals surface area contributed by atoms with E-state index in [-0.39, 0.29) is 11.3 Å². The van der Waals surface area contributed by atoms with Crippen molar-refractivity contribution in [1.82, 2.24) is 5.32 Å². The van der Waals surface area contributed by atoms with Crippen LogP contribution in [0, 0.1) is 0 Å². The van der Waals surface area contributed by atoms with E-state index in [9.17, 15) is 22.8 Å². The Morgan fingerprint density at radius 2 is 1.56 bits per heavy atom. The third-order valence-electron chi connectivity index (χ3n) is 3.17. The van der Waals surface area contributed by atoms with Gasteiger partial charge in [0.2, 0.25) is 0 Å². The molecule has 0 radical (unpaired) electrons. The third kappa shape index (κ3) is 5.18. The van der Waals surface area contributed by atoms with Crippen LogP contribution in [0.2, 0.25) is 0 Å². The molecule has 0 heterocycles. The van der Waals surface area contributed by atoms with Gasteiger partial charge in [0.05, 0.1) is 5.56 Å². The summed E-state index contributed by atoms with van der Waals surface area (Å²) < 4.78 is 38.4. The fourth-order valence-electron chi connectivity index (χ4n) is 1.90. The molecule has 0 unspecified atom stereocenters. The molecule has 25 heavy (non-hydrogen) atoms. The number of carbonyl (C=O) groups is 2. The van der Waals surface area contributed by atoms with Crippen LogP contribution in [0.3, 0.4) is 0 Å². The molecule has 0 bridgehead atoms. The van der Waals surface area contributed by atoms with Crippen LogP contribution in [-0.4, -0.2) is 11.8 Å². The molecule has 2 rings (SSSR count). The Balaban J connectivity index is 2.20. The molecule has 130 valence electrons. The van der Waals surface area contributed by atoms with Gasteiger partial charge in [0, 0.05) is 10.0 Å². The minimum atomic E-state index is -4.49. The van der Waals surface area contributed by atoms with Gasteiger partial charge in [0.15, 0.2) is 0 Å². The van der Waals surface area contributed by atoms with Crippen molar-refractivity contribution in [1.29, 1.82) is 0 Å². The SMILES string of the molecule is NC(=O)/C(=C\c1ccc(Br)cc1)NC(=O)c1ccc(C(F)(F)F)cc1. The van der Waals surface area contributed by atoms with Crippen molar-refractivity contribution in [3.63, 3.8) is 0 Å². The molecule has 0 spiro atoms. The summed E-state index contributed by atoms with van der Waals surface area (Å²) in [4.78, 5) is 23.6. The number of hydrogen-bond acceptors (Lipinski definition) is 2. The predicted octanol–water partition coefficient (Wildman–Crippen LogP) is 3.72. The quantitative estimate of drug-likeness (QED) is 0.751. The van der Waals surface area contributed by atoms with E-state index >= 15 is 0 Å². The lowest BCUT2D eigenvalue weighted by atomic mass is 10.1. The molecule has 2 amide bonds. The molecule has 0 atom stereocenters. The maximum atomic E-state index is 12.5. The van der Waals surface area contributed by atoms with Gasteiger partial charge in [-0.15, -0.1) is 0 Å². The summed E-state index contributed by atoms with van der Waals surface area (Å²) in [6, 6.07) is 10.5. The Kier molecular flexibility index (Phi) is 5.63. The van der Waals surface area contributed by atoms with Crippen molar-refractivity contribution in [3.8, 4) is 0 Å². The van der Waals surface area contributed by atoms with Crippen molar-refractivity contribution in [2.45, 2.75) is 6.18 Å². The number of hydrogen-bond donors (Lipinski definition) is 2. The maximum Gasteiger partial charge on any atom is 0.416 e. The first-order valence-electron chi connectivity index (χ1n) is 6.92. The molecule has 0 aliphatic carbocycles. The van der Waals surface area contributed by atoms with Crippen LogP contribution in [0.1, 0.15) is 21.5 Å². The zero-order valence-electron chi connectivity index (χ0n) is 12.6. The summed E-state index contributed by atoms with van der Waals surface area (Å²) in [6.07, 6.45) is -3.12. The Hall–Kier alpha value is -2.61. The number of nitrogens with one attached hydrogen (secondary N) is 1. The first kappa shape index (κ1) is 18.7. The first-order chi connectivity index (χ1) is 11.7. The van der Waals surface area contributed by atoms with E-state index in [0.717, 1.165) is 28.7 Å². The number of carbonyl (C=O) groups excluding carboxylic acids is 2. The maximum absolute atomic E-state index is 12.5. The number of rotatable bonds is 4. The van der Waals surface area contributed by atoms with Crippen LogP contribution in [-0.2, 0) is 11.0 Å². The molecular formula is C17H12BrF3N2O2. The highest BCUT2D eigenvalue weighted by Gasteiger charge is 2.30. The Morgan fingerprint density at radius 1 is 1.00 bits per heavy atom. The van der Waals surface area contributed by atoms with E-state index in [1.807, 2.05) is 0 Å². The van der Waals surface area contributed by atoms with Crippen LogP contribution >= 0.6 is 15.9 Å². The smallest absolute Gasteiger partial charge is 0.364 e. The number of amides is 2. The van der Waals surface area contributed by atoms with Gasteiger partial charge in [-0.1, -0.05) is 28.1 Å². The number of alkyl halides is 3. The fraction of sp³-hybridized carbons (Fsp3) is 0.0588. The van der Waals surface area contributed by atoms with Crippen molar-refractivity contribution < 1.29 is 22.8 Å². The zero-order chi connectivity index (χ0) is 18.6. The summed E-state index contributed by atoms with van der Waals surface area (Å²) >= 11 is 3.27. The molecule has 0 saturated carbocycles. The summed E-state index contributed by atoms with van der Waals surface area (Å²) in [7, 11) is 0. The lowest BCUT2D eigenvalue weighted by molar-refractivity contribution is -0.137. The summed E-state index contributed by atoms with van der Waals surface area (Å²) in [5.74, 6) is -1.61. The van der Waals surface area contributed by atoms with Crippen molar-refractivity contribution >= 4 is 33.8 Å². The third-order valence-corrected chi connectivity index (χ3v) is 3.70. The molecule has 2 aromatic rings. The minimum Gasteiger partial charge on any atom is -0.364 e. The predicted molar refractivity (Wildman–Crippen MR) is 90.2 cm³/mol. The van der Waals surface area contributed by atoms with Crippen molar-refractivity contribution in [2.75, 3.05) is 0 Å². The second-order valence-corrected chi connectivity index (χ2v) is 5.92. The van der Waals surface area contributed by atoms with Gasteiger partial charge < -0.3 is 11.1 Å². The number of primary amides is 1. The lowest BCUT2D eigenvalue weighted by Gasteiger charge is -2.09. The van der Waals surface area contributed by atoms with Crippen LogP contribution in [0.15, 0.2) is 58.7 Å². The normalized spacial score (nSPS) is 11.9. The number of nitrogens with two attached hydrogens (primary N) is 1. The molecule has 0 fully saturated rings. The molecule has 0 saturated heterocycles. The monoisotopic (exact) mass is 412 g/mol. The molecule has 8 heteroatoms. The van der Waals surface area contributed by atoms with E-state index in [2.05, 4.69) is 21.2 Å². The topological polar surface area (TPSA) is 72.2 Å². The summed E-state index contributed by atoms with van der Waals surface area (Å²) in [5.41, 5.74) is 4.78. The molecule has 3 N–H and O–H groups in total. The second kappa shape index (κ2) is 7.52. The second-order valence-electron chi connectivity index (χ2n) is 5.00. The van der Waals surface area contributed by atoms with E-state index in [4.69, 9.17) is 5.73 Å². The van der Waals surface area contributed by atoms with Gasteiger partial charge in [-0.25, -0.2) is 0 Å². The average molecular weight is 413 g/mol. The minimum absolute atomic E-state index is 0.0315. The Morgan fingerprint density at radius 3 is 2.04 bits per heavy atom. The lowest BCUT2D eigenvalue weighted by Crippen LogP contribution is -2.31. The fourth-order valence-corrected chi connectivity index (χ4v) is 2.16. The number of halogens is 4.